The molecule has 0 unspecified atom stereocenters. The number of fused-ring (bicyclic) bond motifs is 1. The van der Waals surface area contributed by atoms with E-state index in [1.165, 1.54) is 6.08 Å². The average molecular weight is 559 g/mol. The summed E-state index contributed by atoms with van der Waals surface area (Å²) < 4.78 is 28.6. The first-order chi connectivity index (χ1) is 19.3. The number of carbonyl (C=O) groups is 2. The molecule has 3 heterocycles. The van der Waals surface area contributed by atoms with Crippen molar-refractivity contribution < 1.29 is 18.0 Å². The van der Waals surface area contributed by atoms with Crippen LogP contribution in [0.1, 0.15) is 11.3 Å². The van der Waals surface area contributed by atoms with Crippen LogP contribution in [-0.4, -0.2) is 55.4 Å². The van der Waals surface area contributed by atoms with Gasteiger partial charge in [-0.2, -0.15) is 4.98 Å². The number of amides is 3. The summed E-state index contributed by atoms with van der Waals surface area (Å²) in [5, 5.41) is 8.95. The number of benzene rings is 2. The van der Waals surface area contributed by atoms with E-state index in [4.69, 9.17) is 0 Å². The van der Waals surface area contributed by atoms with Crippen molar-refractivity contribution in [2.24, 2.45) is 0 Å². The summed E-state index contributed by atoms with van der Waals surface area (Å²) in [6.45, 7) is 0.807. The molecular weight excluding hydrogens is 532 g/mol. The van der Waals surface area contributed by atoms with Crippen LogP contribution in [0.3, 0.4) is 0 Å². The molecule has 0 spiro atoms. The minimum Gasteiger partial charge on any atom is -0.355 e. The second-order valence-corrected chi connectivity index (χ2v) is 10.7. The molecule has 1 saturated heterocycles. The highest BCUT2D eigenvalue weighted by Gasteiger charge is 2.23. The first-order valence-electron chi connectivity index (χ1n) is 12.3. The Morgan fingerprint density at radius 3 is 2.58 bits per heavy atom. The van der Waals surface area contributed by atoms with Gasteiger partial charge in [-0.3, -0.25) is 15.1 Å². The molecule has 4 N–H and O–H groups in total. The maximum atomic E-state index is 13.0. The number of rotatable bonds is 10. The lowest BCUT2D eigenvalue weighted by molar-refractivity contribution is -0.115. The Hall–Kier alpha value is -4.88. The Bertz CT molecular complexity index is 1710. The molecule has 5 rings (SSSR count). The molecule has 1 aliphatic rings. The van der Waals surface area contributed by atoms with Crippen LogP contribution in [0.25, 0.3) is 16.8 Å². The molecule has 40 heavy (non-hydrogen) atoms. The van der Waals surface area contributed by atoms with Crippen LogP contribution in [0.2, 0.25) is 0 Å². The minimum absolute atomic E-state index is 0.0596. The number of aromatic nitrogens is 3. The Kier molecular flexibility index (Phi) is 7.66. The number of nitrogens with zero attached hydrogens (tertiary/aromatic N) is 4. The molecule has 13 heteroatoms. The first kappa shape index (κ1) is 26.7. The van der Waals surface area contributed by atoms with Crippen molar-refractivity contribution in [3.8, 4) is 0 Å². The van der Waals surface area contributed by atoms with E-state index in [0.717, 1.165) is 10.9 Å². The van der Waals surface area contributed by atoms with Gasteiger partial charge in [0, 0.05) is 55.9 Å². The van der Waals surface area contributed by atoms with Crippen LogP contribution >= 0.6 is 0 Å². The normalized spacial score (nSPS) is 14.3. The largest absolute Gasteiger partial charge is 0.355 e. The highest BCUT2D eigenvalue weighted by atomic mass is 32.2. The van der Waals surface area contributed by atoms with Crippen molar-refractivity contribution in [3.05, 3.63) is 90.0 Å². The number of anilines is 2. The van der Waals surface area contributed by atoms with Gasteiger partial charge >= 0.3 is 6.03 Å². The molecule has 0 atom stereocenters. The number of imide groups is 1. The third kappa shape index (κ3) is 6.22. The minimum atomic E-state index is -3.79. The smallest absolute Gasteiger partial charge is 0.326 e. The molecule has 2 aromatic carbocycles. The van der Waals surface area contributed by atoms with Crippen LogP contribution in [0, 0.1) is 0 Å². The van der Waals surface area contributed by atoms with Gasteiger partial charge in [0.05, 0.1) is 10.6 Å². The molecule has 1 fully saturated rings. The molecule has 0 bridgehead atoms. The van der Waals surface area contributed by atoms with Crippen molar-refractivity contribution in [1.29, 1.82) is 0 Å². The summed E-state index contributed by atoms with van der Waals surface area (Å²) >= 11 is 0. The number of pyridine rings is 1. The lowest BCUT2D eigenvalue weighted by atomic mass is 10.2. The highest BCUT2D eigenvalue weighted by molar-refractivity contribution is 7.89. The number of hydrogen-bond donors (Lipinski definition) is 4. The third-order valence-electron chi connectivity index (χ3n) is 6.03. The van der Waals surface area contributed by atoms with Gasteiger partial charge < -0.3 is 15.5 Å². The Morgan fingerprint density at radius 2 is 1.80 bits per heavy atom. The van der Waals surface area contributed by atoms with Gasteiger partial charge in [0.1, 0.15) is 11.5 Å². The van der Waals surface area contributed by atoms with Crippen LogP contribution in [0.4, 0.5) is 16.6 Å². The topological polar surface area (TPSA) is 158 Å². The van der Waals surface area contributed by atoms with E-state index in [0.29, 0.717) is 23.4 Å². The van der Waals surface area contributed by atoms with Gasteiger partial charge in [-0.05, 0) is 23.8 Å². The van der Waals surface area contributed by atoms with E-state index in [1.54, 1.807) is 42.7 Å². The molecule has 1 aliphatic heterocycles. The van der Waals surface area contributed by atoms with E-state index in [2.05, 4.69) is 35.6 Å². The Morgan fingerprint density at radius 1 is 0.975 bits per heavy atom. The summed E-state index contributed by atoms with van der Waals surface area (Å²) in [6.07, 6.45) is 4.61. The molecule has 4 aromatic rings. The standard InChI is InChI=1S/C27H26N8O4S/c1-35(17-18-6-3-2-4-7-18)24-15-20(14-22-25(36)34-27(37)32-22)31-26(33-24)29-12-13-30-40(38,39)23-9-5-8-19-16-28-11-10-21(19)23/h2-11,14-16,30H,12-13,17H2,1H3,(H,29,31,33)(H2,32,34,36,37)/b22-14-. The van der Waals surface area contributed by atoms with Gasteiger partial charge in [-0.15, -0.1) is 0 Å². The highest BCUT2D eigenvalue weighted by Crippen LogP contribution is 2.22. The van der Waals surface area contributed by atoms with Gasteiger partial charge in [0.25, 0.3) is 5.91 Å². The van der Waals surface area contributed by atoms with Crippen molar-refractivity contribution in [3.63, 3.8) is 0 Å². The monoisotopic (exact) mass is 558 g/mol. The zero-order chi connectivity index (χ0) is 28.1. The summed E-state index contributed by atoms with van der Waals surface area (Å²) in [5.41, 5.74) is 1.51. The quantitative estimate of drug-likeness (QED) is 0.130. The fourth-order valence-electron chi connectivity index (χ4n) is 4.13. The van der Waals surface area contributed by atoms with E-state index in [-0.39, 0.29) is 29.6 Å². The predicted octanol–water partition coefficient (Wildman–Crippen LogP) is 2.23. The van der Waals surface area contributed by atoms with E-state index >= 15 is 0 Å². The SMILES string of the molecule is CN(Cc1ccccc1)c1cc(/C=C2\NC(=O)NC2=O)nc(NCCNS(=O)(=O)c2cccc3cnccc23)n1. The molecule has 2 aromatic heterocycles. The van der Waals surface area contributed by atoms with E-state index in [9.17, 15) is 18.0 Å². The number of carbonyl (C=O) groups excluding carboxylic acids is 2. The average Bonchev–Trinajstić information content (AvgIpc) is 3.27. The zero-order valence-corrected chi connectivity index (χ0v) is 22.3. The van der Waals surface area contributed by atoms with Crippen molar-refractivity contribution in [1.82, 2.24) is 30.3 Å². The van der Waals surface area contributed by atoms with Crippen LogP contribution in [-0.2, 0) is 21.4 Å². The van der Waals surface area contributed by atoms with Crippen LogP contribution in [0.15, 0.2) is 83.6 Å². The summed E-state index contributed by atoms with van der Waals surface area (Å²) in [5.74, 6) is 0.225. The first-order valence-corrected chi connectivity index (χ1v) is 13.8. The van der Waals surface area contributed by atoms with Gasteiger partial charge in [0.15, 0.2) is 0 Å². The predicted molar refractivity (Wildman–Crippen MR) is 151 cm³/mol. The van der Waals surface area contributed by atoms with E-state index < -0.39 is 22.0 Å². The van der Waals surface area contributed by atoms with Gasteiger partial charge in [0.2, 0.25) is 16.0 Å². The molecular formula is C27H26N8O4S. The zero-order valence-electron chi connectivity index (χ0n) is 21.5. The fourth-order valence-corrected chi connectivity index (χ4v) is 5.39. The Balaban J connectivity index is 1.32. The fraction of sp³-hybridized carbons (Fsp3) is 0.148. The Labute approximate surface area is 230 Å². The van der Waals surface area contributed by atoms with Gasteiger partial charge in [-0.25, -0.2) is 22.9 Å². The lowest BCUT2D eigenvalue weighted by Crippen LogP contribution is -2.29. The molecule has 3 amide bonds. The maximum absolute atomic E-state index is 13.0. The van der Waals surface area contributed by atoms with Crippen molar-refractivity contribution in [2.75, 3.05) is 30.4 Å². The van der Waals surface area contributed by atoms with E-state index in [1.807, 2.05) is 42.3 Å². The van der Waals surface area contributed by atoms with Crippen LogP contribution in [0.5, 0.6) is 0 Å². The second-order valence-electron chi connectivity index (χ2n) is 8.96. The molecule has 0 aliphatic carbocycles. The maximum Gasteiger partial charge on any atom is 0.326 e. The van der Waals surface area contributed by atoms with Crippen LogP contribution < -0.4 is 25.6 Å². The number of hydrogen-bond acceptors (Lipinski definition) is 9. The second kappa shape index (κ2) is 11.5. The number of urea groups is 1. The molecule has 204 valence electrons. The lowest BCUT2D eigenvalue weighted by Gasteiger charge is -2.19. The molecule has 0 radical (unpaired) electrons. The third-order valence-corrected chi connectivity index (χ3v) is 7.55. The summed E-state index contributed by atoms with van der Waals surface area (Å²) in [4.78, 5) is 38.7. The van der Waals surface area contributed by atoms with Crippen molar-refractivity contribution >= 4 is 50.6 Å². The number of nitrogens with one attached hydrogen (secondary N) is 4. The van der Waals surface area contributed by atoms with Gasteiger partial charge in [-0.1, -0.05) is 42.5 Å². The number of sulfonamides is 1. The van der Waals surface area contributed by atoms with Crippen molar-refractivity contribution in [2.45, 2.75) is 11.4 Å². The summed E-state index contributed by atoms with van der Waals surface area (Å²) in [7, 11) is -1.92. The molecule has 12 nitrogen and oxygen atoms in total. The summed E-state index contributed by atoms with van der Waals surface area (Å²) in [6, 6.07) is 17.6. The molecule has 0 saturated carbocycles.